The van der Waals surface area contributed by atoms with Crippen molar-refractivity contribution in [3.63, 3.8) is 0 Å². The molecule has 1 rings (SSSR count). The first-order valence-electron chi connectivity index (χ1n) is 5.37. The number of rotatable bonds is 3. The molecule has 0 bridgehead atoms. The number of ketones is 1. The summed E-state index contributed by atoms with van der Waals surface area (Å²) in [6.07, 6.45) is 5.35. The third kappa shape index (κ3) is 2.31. The van der Waals surface area contributed by atoms with Crippen LogP contribution in [-0.4, -0.2) is 16.5 Å². The van der Waals surface area contributed by atoms with Crippen LogP contribution in [-0.2, 0) is 4.79 Å². The van der Waals surface area contributed by atoms with Crippen molar-refractivity contribution in [2.45, 2.75) is 58.0 Å². The summed E-state index contributed by atoms with van der Waals surface area (Å²) >= 11 is 0. The fraction of sp³-hybridized carbons (Fsp3) is 0.909. The van der Waals surface area contributed by atoms with Crippen molar-refractivity contribution in [2.24, 2.45) is 5.92 Å². The summed E-state index contributed by atoms with van der Waals surface area (Å²) in [5.41, 5.74) is -0.978. The zero-order valence-electron chi connectivity index (χ0n) is 8.68. The minimum absolute atomic E-state index is 0.0168. The average Bonchev–Trinajstić information content (AvgIpc) is 2.16. The van der Waals surface area contributed by atoms with Crippen LogP contribution in [0, 0.1) is 5.92 Å². The molecule has 0 aromatic heterocycles. The maximum atomic E-state index is 11.8. The molecule has 0 aromatic carbocycles. The molecule has 2 nitrogen and oxygen atoms in total. The van der Waals surface area contributed by atoms with Crippen molar-refractivity contribution < 1.29 is 9.90 Å². The van der Waals surface area contributed by atoms with Gasteiger partial charge in [0.2, 0.25) is 0 Å². The van der Waals surface area contributed by atoms with Crippen molar-refractivity contribution >= 4 is 5.78 Å². The SMILES string of the molecule is CCC(C)C(=O)C1(O)CCCCC1. The van der Waals surface area contributed by atoms with Gasteiger partial charge < -0.3 is 5.11 Å². The van der Waals surface area contributed by atoms with E-state index in [1.54, 1.807) is 0 Å². The molecule has 1 N–H and O–H groups in total. The van der Waals surface area contributed by atoms with Gasteiger partial charge in [-0.15, -0.1) is 0 Å². The molecule has 1 aliphatic carbocycles. The molecule has 0 aliphatic heterocycles. The third-order valence-corrected chi connectivity index (χ3v) is 3.20. The topological polar surface area (TPSA) is 37.3 Å². The van der Waals surface area contributed by atoms with Gasteiger partial charge in [-0.05, 0) is 19.3 Å². The molecule has 1 unspecified atom stereocenters. The molecule has 0 saturated heterocycles. The summed E-state index contributed by atoms with van der Waals surface area (Å²) in [4.78, 5) is 11.8. The molecule has 0 spiro atoms. The highest BCUT2D eigenvalue weighted by Crippen LogP contribution is 2.31. The molecule has 0 amide bonds. The predicted octanol–water partition coefficient (Wildman–Crippen LogP) is 2.30. The van der Waals surface area contributed by atoms with Gasteiger partial charge in [-0.25, -0.2) is 0 Å². The van der Waals surface area contributed by atoms with E-state index in [-0.39, 0.29) is 11.7 Å². The molecule has 0 radical (unpaired) electrons. The third-order valence-electron chi connectivity index (χ3n) is 3.20. The first kappa shape index (κ1) is 10.7. The summed E-state index contributed by atoms with van der Waals surface area (Å²) in [6, 6.07) is 0. The van der Waals surface area contributed by atoms with E-state index in [0.717, 1.165) is 25.7 Å². The van der Waals surface area contributed by atoms with Gasteiger partial charge in [0.25, 0.3) is 0 Å². The van der Waals surface area contributed by atoms with Crippen LogP contribution in [0.25, 0.3) is 0 Å². The van der Waals surface area contributed by atoms with E-state index in [4.69, 9.17) is 0 Å². The van der Waals surface area contributed by atoms with E-state index in [1.165, 1.54) is 0 Å². The normalized spacial score (nSPS) is 23.9. The highest BCUT2D eigenvalue weighted by molar-refractivity contribution is 5.88. The lowest BCUT2D eigenvalue weighted by molar-refractivity contribution is -0.144. The van der Waals surface area contributed by atoms with Gasteiger partial charge in [0.1, 0.15) is 5.60 Å². The van der Waals surface area contributed by atoms with Crippen molar-refractivity contribution in [2.75, 3.05) is 0 Å². The molecule has 1 fully saturated rings. The maximum Gasteiger partial charge on any atom is 0.167 e. The van der Waals surface area contributed by atoms with E-state index in [9.17, 15) is 9.90 Å². The average molecular weight is 184 g/mol. The number of Topliss-reactive ketones (excluding diaryl/α,β-unsaturated/α-hetero) is 1. The second kappa shape index (κ2) is 4.23. The number of aliphatic hydroxyl groups is 1. The molecule has 76 valence electrons. The zero-order chi connectivity index (χ0) is 9.90. The van der Waals surface area contributed by atoms with E-state index in [1.807, 2.05) is 13.8 Å². The summed E-state index contributed by atoms with van der Waals surface area (Å²) in [5, 5.41) is 10.1. The molecular formula is C11H20O2. The van der Waals surface area contributed by atoms with Gasteiger partial charge in [0.15, 0.2) is 5.78 Å². The molecule has 0 aromatic rings. The molecular weight excluding hydrogens is 164 g/mol. The van der Waals surface area contributed by atoms with E-state index >= 15 is 0 Å². The van der Waals surface area contributed by atoms with Crippen LogP contribution < -0.4 is 0 Å². The Bertz CT molecular complexity index is 181. The highest BCUT2D eigenvalue weighted by Gasteiger charge is 2.38. The molecule has 1 aliphatic rings. The number of hydrogen-bond donors (Lipinski definition) is 1. The Morgan fingerprint density at radius 2 is 1.92 bits per heavy atom. The minimum atomic E-state index is -0.978. The van der Waals surface area contributed by atoms with Gasteiger partial charge >= 0.3 is 0 Å². The van der Waals surface area contributed by atoms with Gasteiger partial charge in [-0.2, -0.15) is 0 Å². The Kier molecular flexibility index (Phi) is 3.48. The monoisotopic (exact) mass is 184 g/mol. The Balaban J connectivity index is 2.61. The fourth-order valence-electron chi connectivity index (χ4n) is 2.03. The van der Waals surface area contributed by atoms with E-state index in [2.05, 4.69) is 0 Å². The number of carbonyl (C=O) groups excluding carboxylic acids is 1. The Hall–Kier alpha value is -0.370. The van der Waals surface area contributed by atoms with Crippen molar-refractivity contribution in [1.29, 1.82) is 0 Å². The van der Waals surface area contributed by atoms with Gasteiger partial charge in [-0.1, -0.05) is 33.1 Å². The lowest BCUT2D eigenvalue weighted by Crippen LogP contribution is -2.43. The lowest BCUT2D eigenvalue weighted by atomic mass is 9.77. The number of carbonyl (C=O) groups is 1. The quantitative estimate of drug-likeness (QED) is 0.730. The first-order chi connectivity index (χ1) is 6.10. The van der Waals surface area contributed by atoms with Crippen molar-refractivity contribution in [1.82, 2.24) is 0 Å². The molecule has 1 atom stereocenters. The van der Waals surface area contributed by atoms with Crippen LogP contribution in [0.2, 0.25) is 0 Å². The van der Waals surface area contributed by atoms with E-state index < -0.39 is 5.60 Å². The zero-order valence-corrected chi connectivity index (χ0v) is 8.68. The Labute approximate surface area is 80.3 Å². The highest BCUT2D eigenvalue weighted by atomic mass is 16.3. The Morgan fingerprint density at radius 3 is 2.38 bits per heavy atom. The van der Waals surface area contributed by atoms with Crippen LogP contribution in [0.15, 0.2) is 0 Å². The standard InChI is InChI=1S/C11H20O2/c1-3-9(2)10(12)11(13)7-5-4-6-8-11/h9,13H,3-8H2,1-2H3. The molecule has 0 heterocycles. The smallest absolute Gasteiger partial charge is 0.167 e. The van der Waals surface area contributed by atoms with Crippen molar-refractivity contribution in [3.05, 3.63) is 0 Å². The van der Waals surface area contributed by atoms with Crippen LogP contribution in [0.5, 0.6) is 0 Å². The summed E-state index contributed by atoms with van der Waals surface area (Å²) in [7, 11) is 0. The molecule has 2 heteroatoms. The van der Waals surface area contributed by atoms with Crippen LogP contribution in [0.3, 0.4) is 0 Å². The Morgan fingerprint density at radius 1 is 1.38 bits per heavy atom. The lowest BCUT2D eigenvalue weighted by Gasteiger charge is -2.32. The minimum Gasteiger partial charge on any atom is -0.382 e. The fourth-order valence-corrected chi connectivity index (χ4v) is 2.03. The predicted molar refractivity (Wildman–Crippen MR) is 52.5 cm³/mol. The maximum absolute atomic E-state index is 11.8. The van der Waals surface area contributed by atoms with Gasteiger partial charge in [0.05, 0.1) is 0 Å². The van der Waals surface area contributed by atoms with Gasteiger partial charge in [-0.3, -0.25) is 4.79 Å². The number of hydrogen-bond acceptors (Lipinski definition) is 2. The second-order valence-electron chi connectivity index (χ2n) is 4.27. The van der Waals surface area contributed by atoms with E-state index in [0.29, 0.717) is 12.8 Å². The first-order valence-corrected chi connectivity index (χ1v) is 5.37. The summed E-state index contributed by atoms with van der Waals surface area (Å²) in [5.74, 6) is 0.0813. The molecule has 1 saturated carbocycles. The summed E-state index contributed by atoms with van der Waals surface area (Å²) < 4.78 is 0. The summed E-state index contributed by atoms with van der Waals surface area (Å²) in [6.45, 7) is 3.91. The van der Waals surface area contributed by atoms with Gasteiger partial charge in [0, 0.05) is 5.92 Å². The van der Waals surface area contributed by atoms with Crippen LogP contribution >= 0.6 is 0 Å². The van der Waals surface area contributed by atoms with Crippen molar-refractivity contribution in [3.8, 4) is 0 Å². The van der Waals surface area contributed by atoms with Crippen LogP contribution in [0.4, 0.5) is 0 Å². The van der Waals surface area contributed by atoms with Crippen LogP contribution in [0.1, 0.15) is 52.4 Å². The molecule has 13 heavy (non-hydrogen) atoms. The largest absolute Gasteiger partial charge is 0.382 e. The second-order valence-corrected chi connectivity index (χ2v) is 4.27.